The molecule has 7 nitrogen and oxygen atoms in total. The number of aromatic amines is 1. The van der Waals surface area contributed by atoms with E-state index < -0.39 is 10.0 Å². The number of phenols is 1. The maximum Gasteiger partial charge on any atom is 0.243 e. The lowest BCUT2D eigenvalue weighted by Gasteiger charge is -2.15. The van der Waals surface area contributed by atoms with Crippen molar-refractivity contribution in [1.29, 1.82) is 0 Å². The fraction of sp³-hybridized carbons (Fsp3) is 0.200. The van der Waals surface area contributed by atoms with E-state index in [-0.39, 0.29) is 17.2 Å². The summed E-state index contributed by atoms with van der Waals surface area (Å²) in [6.07, 6.45) is 1.31. The van der Waals surface area contributed by atoms with Crippen molar-refractivity contribution in [3.63, 3.8) is 0 Å². The Morgan fingerprint density at radius 1 is 1.44 bits per heavy atom. The highest BCUT2D eigenvalue weighted by Gasteiger charge is 2.21. The number of rotatable bonds is 4. The van der Waals surface area contributed by atoms with Crippen LogP contribution in [0.25, 0.3) is 0 Å². The number of aromatic hydroxyl groups is 1. The molecule has 0 radical (unpaired) electrons. The Morgan fingerprint density at radius 3 is 2.83 bits per heavy atom. The number of nitrogens with zero attached hydrogens (tertiary/aromatic N) is 3. The number of hydrogen-bond donors (Lipinski definition) is 2. The number of phenolic OH excluding ortho intramolecular Hbond substituents is 1. The Balaban J connectivity index is 2.25. The standard InChI is InChI=1S/C10H12N4O3S/c1-14(6-10-11-7-12-13-10)18(16,17)9-4-2-3-8(15)5-9/h2-5,7,15H,6H2,1H3,(H,11,12,13). The molecule has 0 unspecified atom stereocenters. The van der Waals surface area contributed by atoms with E-state index in [1.807, 2.05) is 0 Å². The molecule has 8 heteroatoms. The van der Waals surface area contributed by atoms with Gasteiger partial charge in [-0.15, -0.1) is 0 Å². The summed E-state index contributed by atoms with van der Waals surface area (Å²) in [6.45, 7) is 0.0813. The lowest BCUT2D eigenvalue weighted by atomic mass is 10.3. The van der Waals surface area contributed by atoms with Crippen LogP contribution in [-0.2, 0) is 16.6 Å². The molecule has 0 spiro atoms. The molecule has 0 bridgehead atoms. The van der Waals surface area contributed by atoms with Gasteiger partial charge in [-0.3, -0.25) is 5.10 Å². The fourth-order valence-corrected chi connectivity index (χ4v) is 2.60. The van der Waals surface area contributed by atoms with E-state index in [0.717, 1.165) is 4.31 Å². The summed E-state index contributed by atoms with van der Waals surface area (Å²) in [5.41, 5.74) is 0. The Hall–Kier alpha value is -1.93. The van der Waals surface area contributed by atoms with Gasteiger partial charge < -0.3 is 5.11 Å². The largest absolute Gasteiger partial charge is 0.508 e. The van der Waals surface area contributed by atoms with Crippen molar-refractivity contribution in [3.05, 3.63) is 36.4 Å². The molecule has 2 rings (SSSR count). The summed E-state index contributed by atoms with van der Waals surface area (Å²) in [4.78, 5) is 3.89. The average molecular weight is 268 g/mol. The molecule has 1 aromatic heterocycles. The molecule has 96 valence electrons. The summed E-state index contributed by atoms with van der Waals surface area (Å²) in [5, 5.41) is 15.5. The van der Waals surface area contributed by atoms with E-state index in [1.54, 1.807) is 0 Å². The number of sulfonamides is 1. The third-order valence-electron chi connectivity index (χ3n) is 2.36. The van der Waals surface area contributed by atoms with Crippen LogP contribution < -0.4 is 0 Å². The SMILES string of the molecule is CN(Cc1ncn[nH]1)S(=O)(=O)c1cccc(O)c1. The zero-order chi connectivity index (χ0) is 13.2. The number of nitrogens with one attached hydrogen (secondary N) is 1. The first kappa shape index (κ1) is 12.5. The molecule has 18 heavy (non-hydrogen) atoms. The zero-order valence-corrected chi connectivity index (χ0v) is 10.4. The number of benzene rings is 1. The first-order valence-electron chi connectivity index (χ1n) is 5.10. The molecule has 0 saturated carbocycles. The van der Waals surface area contributed by atoms with Gasteiger partial charge in [0.2, 0.25) is 10.0 Å². The molecule has 2 aromatic rings. The van der Waals surface area contributed by atoms with Crippen LogP contribution in [0.1, 0.15) is 5.82 Å². The van der Waals surface area contributed by atoms with E-state index in [2.05, 4.69) is 15.2 Å². The van der Waals surface area contributed by atoms with Crippen LogP contribution in [0, 0.1) is 0 Å². The maximum atomic E-state index is 12.2. The number of H-pyrrole nitrogens is 1. The van der Waals surface area contributed by atoms with Crippen molar-refractivity contribution >= 4 is 10.0 Å². The van der Waals surface area contributed by atoms with Gasteiger partial charge in [-0.25, -0.2) is 13.4 Å². The summed E-state index contributed by atoms with van der Waals surface area (Å²) in [6, 6.07) is 5.51. The monoisotopic (exact) mass is 268 g/mol. The van der Waals surface area contributed by atoms with Gasteiger partial charge >= 0.3 is 0 Å². The van der Waals surface area contributed by atoms with Crippen molar-refractivity contribution in [1.82, 2.24) is 19.5 Å². The van der Waals surface area contributed by atoms with Crippen molar-refractivity contribution in [2.75, 3.05) is 7.05 Å². The highest BCUT2D eigenvalue weighted by molar-refractivity contribution is 7.89. The Labute approximate surface area is 104 Å². The topological polar surface area (TPSA) is 99.2 Å². The molecule has 0 fully saturated rings. The van der Waals surface area contributed by atoms with Gasteiger partial charge in [-0.1, -0.05) is 6.07 Å². The summed E-state index contributed by atoms with van der Waals surface area (Å²) < 4.78 is 25.5. The van der Waals surface area contributed by atoms with E-state index in [4.69, 9.17) is 0 Å². The van der Waals surface area contributed by atoms with Crippen molar-refractivity contribution in [3.8, 4) is 5.75 Å². The minimum absolute atomic E-state index is 0.0320. The van der Waals surface area contributed by atoms with Crippen LogP contribution in [-0.4, -0.2) is 40.1 Å². The minimum atomic E-state index is -3.65. The van der Waals surface area contributed by atoms with Crippen LogP contribution in [0.2, 0.25) is 0 Å². The van der Waals surface area contributed by atoms with E-state index in [1.165, 1.54) is 37.6 Å². The minimum Gasteiger partial charge on any atom is -0.508 e. The van der Waals surface area contributed by atoms with Gasteiger partial charge in [0.15, 0.2) is 0 Å². The summed E-state index contributed by atoms with van der Waals surface area (Å²) >= 11 is 0. The van der Waals surface area contributed by atoms with E-state index in [9.17, 15) is 13.5 Å². The van der Waals surface area contributed by atoms with E-state index in [0.29, 0.717) is 5.82 Å². The maximum absolute atomic E-state index is 12.2. The van der Waals surface area contributed by atoms with Crippen LogP contribution in [0.15, 0.2) is 35.5 Å². The van der Waals surface area contributed by atoms with E-state index >= 15 is 0 Å². The second-order valence-corrected chi connectivity index (χ2v) is 5.74. The molecule has 1 aromatic carbocycles. The van der Waals surface area contributed by atoms with Crippen molar-refractivity contribution in [2.45, 2.75) is 11.4 Å². The number of hydrogen-bond acceptors (Lipinski definition) is 5. The van der Waals surface area contributed by atoms with Gasteiger partial charge in [-0.2, -0.15) is 9.40 Å². The lowest BCUT2D eigenvalue weighted by Crippen LogP contribution is -2.27. The van der Waals surface area contributed by atoms with Crippen LogP contribution in [0.3, 0.4) is 0 Å². The second-order valence-electron chi connectivity index (χ2n) is 3.69. The molecule has 0 amide bonds. The van der Waals surface area contributed by atoms with Gasteiger partial charge in [0.1, 0.15) is 17.9 Å². The summed E-state index contributed by atoms with van der Waals surface area (Å²) in [5.74, 6) is 0.352. The molecular formula is C10H12N4O3S. The third-order valence-corrected chi connectivity index (χ3v) is 4.16. The molecule has 0 aliphatic carbocycles. The Bertz CT molecular complexity index is 624. The molecule has 0 atom stereocenters. The van der Waals surface area contributed by atoms with Crippen molar-refractivity contribution in [2.24, 2.45) is 0 Å². The summed E-state index contributed by atoms with van der Waals surface area (Å²) in [7, 11) is -2.22. The second kappa shape index (κ2) is 4.75. The first-order valence-corrected chi connectivity index (χ1v) is 6.54. The fourth-order valence-electron chi connectivity index (χ4n) is 1.43. The normalized spacial score (nSPS) is 11.9. The quantitative estimate of drug-likeness (QED) is 0.832. The molecule has 0 saturated heterocycles. The Kier molecular flexibility index (Phi) is 3.30. The smallest absolute Gasteiger partial charge is 0.243 e. The van der Waals surface area contributed by atoms with Gasteiger partial charge in [0, 0.05) is 7.05 Å². The molecule has 1 heterocycles. The van der Waals surface area contributed by atoms with Crippen LogP contribution >= 0.6 is 0 Å². The molecular weight excluding hydrogens is 256 g/mol. The van der Waals surface area contributed by atoms with Crippen molar-refractivity contribution < 1.29 is 13.5 Å². The number of aromatic nitrogens is 3. The first-order chi connectivity index (χ1) is 8.50. The average Bonchev–Trinajstić information content (AvgIpc) is 2.81. The Morgan fingerprint density at radius 2 is 2.22 bits per heavy atom. The predicted molar refractivity (Wildman–Crippen MR) is 63.1 cm³/mol. The highest BCUT2D eigenvalue weighted by atomic mass is 32.2. The molecule has 0 aliphatic rings. The third kappa shape index (κ3) is 2.49. The van der Waals surface area contributed by atoms with Crippen LogP contribution in [0.4, 0.5) is 0 Å². The lowest BCUT2D eigenvalue weighted by molar-refractivity contribution is 0.453. The van der Waals surface area contributed by atoms with Crippen LogP contribution in [0.5, 0.6) is 5.75 Å². The van der Waals surface area contributed by atoms with Gasteiger partial charge in [0.25, 0.3) is 0 Å². The molecule has 0 aliphatic heterocycles. The molecule has 2 N–H and O–H groups in total. The zero-order valence-electron chi connectivity index (χ0n) is 9.61. The highest BCUT2D eigenvalue weighted by Crippen LogP contribution is 2.19. The predicted octanol–water partition coefficient (Wildman–Crippen LogP) is 0.331. The van der Waals surface area contributed by atoms with Gasteiger partial charge in [-0.05, 0) is 18.2 Å². The van der Waals surface area contributed by atoms with Gasteiger partial charge in [0.05, 0.1) is 11.4 Å².